The van der Waals surface area contributed by atoms with Crippen LogP contribution in [0.25, 0.3) is 0 Å². The molecule has 0 spiro atoms. The molecule has 0 aliphatic heterocycles. The Hall–Kier alpha value is -0.290. The fourth-order valence-electron chi connectivity index (χ4n) is 2.16. The van der Waals surface area contributed by atoms with E-state index >= 15 is 0 Å². The van der Waals surface area contributed by atoms with E-state index in [1.807, 2.05) is 6.92 Å². The Kier molecular flexibility index (Phi) is 4.23. The van der Waals surface area contributed by atoms with Crippen LogP contribution in [-0.4, -0.2) is 36.2 Å². The van der Waals surface area contributed by atoms with Gasteiger partial charge in [-0.05, 0) is 39.2 Å². The quantitative estimate of drug-likeness (QED) is 0.796. The van der Waals surface area contributed by atoms with Crippen molar-refractivity contribution in [2.75, 3.05) is 7.05 Å². The molecule has 0 amide bonds. The second-order valence-electron chi connectivity index (χ2n) is 4.80. The van der Waals surface area contributed by atoms with Crippen molar-refractivity contribution in [3.05, 3.63) is 0 Å². The summed E-state index contributed by atoms with van der Waals surface area (Å²) < 4.78 is 38.8. The topological polar surface area (TPSA) is 29.3 Å². The van der Waals surface area contributed by atoms with Crippen LogP contribution in [0.5, 0.6) is 0 Å². The minimum atomic E-state index is -4.24. The molecule has 5 heteroatoms. The summed E-state index contributed by atoms with van der Waals surface area (Å²) >= 11 is 0. The number of nitrogens with zero attached hydrogens (tertiary/aromatic N) is 1. The van der Waals surface area contributed by atoms with Gasteiger partial charge in [0.2, 0.25) is 0 Å². The molecule has 0 heterocycles. The van der Waals surface area contributed by atoms with Gasteiger partial charge in [-0.3, -0.25) is 4.90 Å². The lowest BCUT2D eigenvalue weighted by Gasteiger charge is -2.37. The Labute approximate surface area is 95.0 Å². The number of halogens is 3. The van der Waals surface area contributed by atoms with Crippen molar-refractivity contribution in [1.82, 2.24) is 4.90 Å². The van der Waals surface area contributed by atoms with Gasteiger partial charge in [0.1, 0.15) is 6.04 Å². The Morgan fingerprint density at radius 1 is 1.38 bits per heavy atom. The zero-order valence-corrected chi connectivity index (χ0v) is 10.1. The van der Waals surface area contributed by atoms with E-state index < -0.39 is 18.3 Å². The van der Waals surface area contributed by atoms with Crippen LogP contribution in [0.2, 0.25) is 0 Å². The molecule has 1 saturated carbocycles. The van der Waals surface area contributed by atoms with Crippen molar-refractivity contribution in [1.29, 1.82) is 0 Å². The van der Waals surface area contributed by atoms with E-state index in [-0.39, 0.29) is 6.04 Å². The Bertz CT molecular complexity index is 226. The van der Waals surface area contributed by atoms with Gasteiger partial charge >= 0.3 is 6.18 Å². The molecule has 0 aromatic carbocycles. The van der Waals surface area contributed by atoms with Crippen LogP contribution >= 0.6 is 0 Å². The van der Waals surface area contributed by atoms with Crippen LogP contribution in [0.4, 0.5) is 13.2 Å². The highest BCUT2D eigenvalue weighted by Gasteiger charge is 2.48. The number of nitrogens with two attached hydrogens (primary N) is 1. The minimum absolute atomic E-state index is 0.0378. The predicted molar refractivity (Wildman–Crippen MR) is 58.1 cm³/mol. The summed E-state index contributed by atoms with van der Waals surface area (Å²) in [5.74, 6) is 0.416. The first-order chi connectivity index (χ1) is 7.29. The number of likely N-dealkylation sites (N-methyl/N-ethyl adjacent to an activating group) is 1. The van der Waals surface area contributed by atoms with Gasteiger partial charge in [0, 0.05) is 12.1 Å². The fourth-order valence-corrected chi connectivity index (χ4v) is 2.16. The Balaban J connectivity index is 2.74. The summed E-state index contributed by atoms with van der Waals surface area (Å²) in [4.78, 5) is 1.41. The lowest BCUT2D eigenvalue weighted by molar-refractivity contribution is -0.191. The van der Waals surface area contributed by atoms with Gasteiger partial charge in [0.25, 0.3) is 0 Å². The number of hydrogen-bond acceptors (Lipinski definition) is 2. The van der Waals surface area contributed by atoms with E-state index in [0.717, 1.165) is 12.8 Å². The monoisotopic (exact) mass is 238 g/mol. The molecule has 1 fully saturated rings. The lowest BCUT2D eigenvalue weighted by atomic mass is 10.0. The van der Waals surface area contributed by atoms with Crippen LogP contribution in [0, 0.1) is 5.92 Å². The number of rotatable bonds is 5. The molecule has 2 N–H and O–H groups in total. The molecule has 2 nitrogen and oxygen atoms in total. The van der Waals surface area contributed by atoms with Crippen molar-refractivity contribution in [2.24, 2.45) is 11.7 Å². The van der Waals surface area contributed by atoms with Crippen molar-refractivity contribution >= 4 is 0 Å². The summed E-state index contributed by atoms with van der Waals surface area (Å²) in [5.41, 5.74) is 5.60. The van der Waals surface area contributed by atoms with E-state index in [1.165, 1.54) is 11.9 Å². The van der Waals surface area contributed by atoms with Gasteiger partial charge in [-0.2, -0.15) is 13.2 Å². The van der Waals surface area contributed by atoms with E-state index in [4.69, 9.17) is 5.73 Å². The third-order valence-electron chi connectivity index (χ3n) is 3.60. The van der Waals surface area contributed by atoms with Gasteiger partial charge in [0.05, 0.1) is 0 Å². The number of alkyl halides is 3. The van der Waals surface area contributed by atoms with Crippen molar-refractivity contribution < 1.29 is 13.2 Å². The largest absolute Gasteiger partial charge is 0.405 e. The maximum absolute atomic E-state index is 12.9. The van der Waals surface area contributed by atoms with Crippen molar-refractivity contribution in [3.8, 4) is 0 Å². The van der Waals surface area contributed by atoms with Crippen LogP contribution < -0.4 is 5.73 Å². The maximum atomic E-state index is 12.9. The molecule has 3 atom stereocenters. The molecular formula is C11H21F3N2. The predicted octanol–water partition coefficient (Wildman–Crippen LogP) is 2.38. The van der Waals surface area contributed by atoms with Crippen LogP contribution in [-0.2, 0) is 0 Å². The summed E-state index contributed by atoms with van der Waals surface area (Å²) in [6, 6.07) is -2.40. The van der Waals surface area contributed by atoms with Crippen LogP contribution in [0.1, 0.15) is 33.1 Å². The highest BCUT2D eigenvalue weighted by Crippen LogP contribution is 2.38. The molecule has 0 radical (unpaired) electrons. The van der Waals surface area contributed by atoms with Crippen LogP contribution in [0.15, 0.2) is 0 Å². The van der Waals surface area contributed by atoms with Gasteiger partial charge in [-0.25, -0.2) is 0 Å². The standard InChI is InChI=1S/C11H21F3N2/c1-4-9(15)10(11(12,13)14)16(3)7(2)8-5-6-8/h7-10H,4-6,15H2,1-3H3. The van der Waals surface area contributed by atoms with E-state index in [2.05, 4.69) is 0 Å². The molecular weight excluding hydrogens is 217 g/mol. The summed E-state index contributed by atoms with van der Waals surface area (Å²) in [7, 11) is 1.54. The molecule has 96 valence electrons. The Morgan fingerprint density at radius 3 is 2.19 bits per heavy atom. The molecule has 3 unspecified atom stereocenters. The van der Waals surface area contributed by atoms with Crippen molar-refractivity contribution in [3.63, 3.8) is 0 Å². The van der Waals surface area contributed by atoms with Crippen LogP contribution in [0.3, 0.4) is 0 Å². The zero-order chi connectivity index (χ0) is 12.5. The third kappa shape index (κ3) is 3.10. The SMILES string of the molecule is CCC(N)C(N(C)C(C)C1CC1)C(F)(F)F. The first kappa shape index (κ1) is 13.8. The zero-order valence-electron chi connectivity index (χ0n) is 10.1. The highest BCUT2D eigenvalue weighted by atomic mass is 19.4. The molecule has 0 aromatic heterocycles. The van der Waals surface area contributed by atoms with Gasteiger partial charge in [0.15, 0.2) is 0 Å². The summed E-state index contributed by atoms with van der Waals surface area (Å²) in [6.45, 7) is 3.55. The fraction of sp³-hybridized carbons (Fsp3) is 1.00. The molecule has 16 heavy (non-hydrogen) atoms. The molecule has 1 rings (SSSR count). The summed E-state index contributed by atoms with van der Waals surface area (Å²) in [5, 5.41) is 0. The molecule has 0 saturated heterocycles. The summed E-state index contributed by atoms with van der Waals surface area (Å²) in [6.07, 6.45) is -1.83. The second-order valence-corrected chi connectivity index (χ2v) is 4.80. The van der Waals surface area contributed by atoms with Gasteiger partial charge in [-0.1, -0.05) is 6.92 Å². The molecule has 0 bridgehead atoms. The van der Waals surface area contributed by atoms with E-state index in [1.54, 1.807) is 6.92 Å². The second kappa shape index (κ2) is 4.92. The minimum Gasteiger partial charge on any atom is -0.326 e. The Morgan fingerprint density at radius 2 is 1.88 bits per heavy atom. The lowest BCUT2D eigenvalue weighted by Crippen LogP contribution is -2.57. The number of hydrogen-bond donors (Lipinski definition) is 1. The normalized spacial score (nSPS) is 23.2. The average Bonchev–Trinajstić information content (AvgIpc) is 2.97. The van der Waals surface area contributed by atoms with Gasteiger partial charge < -0.3 is 5.73 Å². The highest BCUT2D eigenvalue weighted by molar-refractivity contribution is 4.93. The molecule has 1 aliphatic rings. The smallest absolute Gasteiger partial charge is 0.326 e. The first-order valence-corrected chi connectivity index (χ1v) is 5.83. The van der Waals surface area contributed by atoms with E-state index in [0.29, 0.717) is 12.3 Å². The molecule has 1 aliphatic carbocycles. The van der Waals surface area contributed by atoms with Crippen molar-refractivity contribution in [2.45, 2.75) is 57.4 Å². The molecule has 0 aromatic rings. The van der Waals surface area contributed by atoms with E-state index in [9.17, 15) is 13.2 Å². The third-order valence-corrected chi connectivity index (χ3v) is 3.60. The average molecular weight is 238 g/mol. The first-order valence-electron chi connectivity index (χ1n) is 5.83. The maximum Gasteiger partial charge on any atom is 0.405 e. The van der Waals surface area contributed by atoms with Gasteiger partial charge in [-0.15, -0.1) is 0 Å².